The van der Waals surface area contributed by atoms with Crippen LogP contribution in [0.25, 0.3) is 0 Å². The van der Waals surface area contributed by atoms with Crippen molar-refractivity contribution in [3.63, 3.8) is 0 Å². The lowest BCUT2D eigenvalue weighted by molar-refractivity contribution is -0.115. The van der Waals surface area contributed by atoms with Crippen LogP contribution in [0.1, 0.15) is 23.6 Å². The Labute approximate surface area is 167 Å². The Bertz CT molecular complexity index is 955. The second-order valence-electron chi connectivity index (χ2n) is 6.36. The van der Waals surface area contributed by atoms with Gasteiger partial charge in [0.15, 0.2) is 4.34 Å². The Morgan fingerprint density at radius 2 is 1.89 bits per heavy atom. The monoisotopic (exact) mass is 398 g/mol. The largest absolute Gasteiger partial charge is 0.330 e. The van der Waals surface area contributed by atoms with Gasteiger partial charge >= 0.3 is 0 Å². The van der Waals surface area contributed by atoms with Crippen molar-refractivity contribution in [3.8, 4) is 0 Å². The van der Waals surface area contributed by atoms with Crippen molar-refractivity contribution in [1.82, 2.24) is 10.2 Å². The second kappa shape index (κ2) is 8.54. The first-order chi connectivity index (χ1) is 12.9. The minimum Gasteiger partial charge on any atom is -0.330 e. The highest BCUT2D eigenvalue weighted by Gasteiger charge is 2.17. The van der Waals surface area contributed by atoms with Gasteiger partial charge in [-0.3, -0.25) is 4.79 Å². The number of anilines is 3. The Hall–Kier alpha value is -2.38. The van der Waals surface area contributed by atoms with E-state index >= 15 is 0 Å². The van der Waals surface area contributed by atoms with E-state index in [0.29, 0.717) is 0 Å². The molecule has 0 saturated carbocycles. The minimum atomic E-state index is -0.271. The summed E-state index contributed by atoms with van der Waals surface area (Å²) in [5.74, 6) is -0.0511. The standard InChI is InChI=1S/C20H22N4OS2/c1-12-7-5-9-16(11-12)21-18(25)15(4)26-20-24-23-19(27-20)22-17-10-6-8-13(2)14(17)3/h5-11,15H,1-4H3,(H,21,25)(H,22,23)/t15-/m1/s1. The van der Waals surface area contributed by atoms with Crippen LogP contribution < -0.4 is 10.6 Å². The van der Waals surface area contributed by atoms with Crippen LogP contribution in [0.4, 0.5) is 16.5 Å². The maximum atomic E-state index is 12.4. The first kappa shape index (κ1) is 19.4. The van der Waals surface area contributed by atoms with E-state index in [1.807, 2.05) is 50.2 Å². The summed E-state index contributed by atoms with van der Waals surface area (Å²) < 4.78 is 0.759. The van der Waals surface area contributed by atoms with Crippen LogP contribution in [0.3, 0.4) is 0 Å². The molecule has 140 valence electrons. The molecule has 1 heterocycles. The first-order valence-corrected chi connectivity index (χ1v) is 10.3. The molecule has 3 aromatic rings. The summed E-state index contributed by atoms with van der Waals surface area (Å²) in [6, 6.07) is 13.9. The van der Waals surface area contributed by atoms with Gasteiger partial charge in [-0.05, 0) is 62.6 Å². The third-order valence-corrected chi connectivity index (χ3v) is 6.21. The maximum absolute atomic E-state index is 12.4. The molecule has 27 heavy (non-hydrogen) atoms. The Morgan fingerprint density at radius 1 is 1.11 bits per heavy atom. The van der Waals surface area contributed by atoms with Crippen LogP contribution >= 0.6 is 23.1 Å². The highest BCUT2D eigenvalue weighted by atomic mass is 32.2. The van der Waals surface area contributed by atoms with E-state index in [2.05, 4.69) is 40.7 Å². The molecule has 3 rings (SSSR count). The Morgan fingerprint density at radius 3 is 2.67 bits per heavy atom. The third-order valence-electron chi connectivity index (χ3n) is 4.19. The molecule has 2 aromatic carbocycles. The molecule has 0 aliphatic heterocycles. The van der Waals surface area contributed by atoms with E-state index in [-0.39, 0.29) is 11.2 Å². The van der Waals surface area contributed by atoms with Gasteiger partial charge in [-0.15, -0.1) is 10.2 Å². The van der Waals surface area contributed by atoms with Crippen LogP contribution in [0.2, 0.25) is 0 Å². The van der Waals surface area contributed by atoms with E-state index in [4.69, 9.17) is 0 Å². The lowest BCUT2D eigenvalue weighted by atomic mass is 10.1. The molecule has 0 radical (unpaired) electrons. The number of carbonyl (C=O) groups excluding carboxylic acids is 1. The highest BCUT2D eigenvalue weighted by molar-refractivity contribution is 8.02. The van der Waals surface area contributed by atoms with E-state index in [9.17, 15) is 4.79 Å². The van der Waals surface area contributed by atoms with Crippen LogP contribution in [-0.2, 0) is 4.79 Å². The lowest BCUT2D eigenvalue weighted by Crippen LogP contribution is -2.22. The predicted molar refractivity (Wildman–Crippen MR) is 114 cm³/mol. The predicted octanol–water partition coefficient (Wildman–Crippen LogP) is 5.33. The zero-order valence-electron chi connectivity index (χ0n) is 15.7. The molecule has 7 heteroatoms. The Kier molecular flexibility index (Phi) is 6.13. The third kappa shape index (κ3) is 5.08. The zero-order valence-corrected chi connectivity index (χ0v) is 17.4. The van der Waals surface area contributed by atoms with Gasteiger partial charge < -0.3 is 10.6 Å². The van der Waals surface area contributed by atoms with Crippen molar-refractivity contribution >= 4 is 45.5 Å². The molecule has 0 fully saturated rings. The van der Waals surface area contributed by atoms with Crippen molar-refractivity contribution in [2.75, 3.05) is 10.6 Å². The quantitative estimate of drug-likeness (QED) is 0.550. The minimum absolute atomic E-state index is 0.0511. The highest BCUT2D eigenvalue weighted by Crippen LogP contribution is 2.32. The molecule has 0 unspecified atom stereocenters. The number of thioether (sulfide) groups is 1. The lowest BCUT2D eigenvalue weighted by Gasteiger charge is -2.10. The number of benzene rings is 2. The van der Waals surface area contributed by atoms with Gasteiger partial charge in [-0.2, -0.15) is 0 Å². The summed E-state index contributed by atoms with van der Waals surface area (Å²) in [6.45, 7) is 8.02. The number of amides is 1. The van der Waals surface area contributed by atoms with Gasteiger partial charge in [-0.1, -0.05) is 47.4 Å². The van der Waals surface area contributed by atoms with Crippen molar-refractivity contribution in [1.29, 1.82) is 0 Å². The normalized spacial score (nSPS) is 11.9. The summed E-state index contributed by atoms with van der Waals surface area (Å²) >= 11 is 2.85. The molecule has 0 aliphatic rings. The van der Waals surface area contributed by atoms with Crippen molar-refractivity contribution in [3.05, 3.63) is 59.2 Å². The van der Waals surface area contributed by atoms with Gasteiger partial charge in [0.05, 0.1) is 5.25 Å². The fraction of sp³-hybridized carbons (Fsp3) is 0.250. The van der Waals surface area contributed by atoms with Crippen molar-refractivity contribution in [2.45, 2.75) is 37.3 Å². The summed E-state index contributed by atoms with van der Waals surface area (Å²) in [6.07, 6.45) is 0. The number of aromatic nitrogens is 2. The number of rotatable bonds is 6. The smallest absolute Gasteiger partial charge is 0.237 e. The molecule has 0 aliphatic carbocycles. The first-order valence-electron chi connectivity index (χ1n) is 8.63. The molecule has 1 amide bonds. The topological polar surface area (TPSA) is 66.9 Å². The van der Waals surface area contributed by atoms with E-state index in [1.54, 1.807) is 0 Å². The number of nitrogens with one attached hydrogen (secondary N) is 2. The van der Waals surface area contributed by atoms with E-state index < -0.39 is 0 Å². The fourth-order valence-electron chi connectivity index (χ4n) is 2.48. The van der Waals surface area contributed by atoms with Crippen LogP contribution in [0.15, 0.2) is 46.8 Å². The van der Waals surface area contributed by atoms with Gasteiger partial charge in [0, 0.05) is 11.4 Å². The number of aryl methyl sites for hydroxylation is 2. The maximum Gasteiger partial charge on any atom is 0.237 e. The number of nitrogens with zero attached hydrogens (tertiary/aromatic N) is 2. The fourth-order valence-corrected chi connectivity index (χ4v) is 4.39. The van der Waals surface area contributed by atoms with E-state index in [0.717, 1.165) is 26.4 Å². The van der Waals surface area contributed by atoms with Gasteiger partial charge in [0.2, 0.25) is 11.0 Å². The molecule has 0 saturated heterocycles. The van der Waals surface area contributed by atoms with Gasteiger partial charge in [-0.25, -0.2) is 0 Å². The van der Waals surface area contributed by atoms with Crippen LogP contribution in [0, 0.1) is 20.8 Å². The number of hydrogen-bond acceptors (Lipinski definition) is 6. The summed E-state index contributed by atoms with van der Waals surface area (Å²) in [7, 11) is 0. The van der Waals surface area contributed by atoms with Crippen molar-refractivity contribution < 1.29 is 4.79 Å². The molecular formula is C20H22N4OS2. The van der Waals surface area contributed by atoms with Crippen molar-refractivity contribution in [2.24, 2.45) is 0 Å². The number of hydrogen-bond donors (Lipinski definition) is 2. The summed E-state index contributed by atoms with van der Waals surface area (Å²) in [4.78, 5) is 12.4. The molecule has 1 atom stereocenters. The molecular weight excluding hydrogens is 376 g/mol. The average molecular weight is 399 g/mol. The van der Waals surface area contributed by atoms with Gasteiger partial charge in [0.25, 0.3) is 0 Å². The van der Waals surface area contributed by atoms with Crippen LogP contribution in [0.5, 0.6) is 0 Å². The zero-order chi connectivity index (χ0) is 19.4. The van der Waals surface area contributed by atoms with Crippen LogP contribution in [-0.4, -0.2) is 21.4 Å². The average Bonchev–Trinajstić information content (AvgIpc) is 3.06. The summed E-state index contributed by atoms with van der Waals surface area (Å²) in [5.41, 5.74) is 5.35. The molecule has 5 nitrogen and oxygen atoms in total. The SMILES string of the molecule is Cc1cccc(NC(=O)[C@@H](C)Sc2nnc(Nc3cccc(C)c3C)s2)c1. The van der Waals surface area contributed by atoms with E-state index in [1.165, 1.54) is 34.2 Å². The molecule has 2 N–H and O–H groups in total. The molecule has 0 bridgehead atoms. The summed E-state index contributed by atoms with van der Waals surface area (Å²) in [5, 5.41) is 15.1. The number of carbonyl (C=O) groups is 1. The molecule has 1 aromatic heterocycles. The second-order valence-corrected chi connectivity index (χ2v) is 8.93. The van der Waals surface area contributed by atoms with Gasteiger partial charge in [0.1, 0.15) is 0 Å². The Balaban J connectivity index is 1.61. The molecule has 0 spiro atoms.